The predicted molar refractivity (Wildman–Crippen MR) is 72.8 cm³/mol. The van der Waals surface area contributed by atoms with E-state index < -0.39 is 4.92 Å². The largest absolute Gasteiger partial charge is 0.380 e. The Labute approximate surface area is 112 Å². The maximum atomic E-state index is 10.7. The third-order valence-corrected chi connectivity index (χ3v) is 4.65. The van der Waals surface area contributed by atoms with Crippen LogP contribution in [0.3, 0.4) is 0 Å². The highest BCUT2D eigenvalue weighted by atomic mass is 16.6. The van der Waals surface area contributed by atoms with Gasteiger partial charge in [0.2, 0.25) is 0 Å². The number of nitrogens with zero attached hydrogens (tertiary/aromatic N) is 2. The number of nitro benzene ring substituents is 1. The van der Waals surface area contributed by atoms with Gasteiger partial charge in [0.25, 0.3) is 5.69 Å². The molecule has 1 aliphatic rings. The lowest BCUT2D eigenvalue weighted by atomic mass is 10.0. The molecule has 100 valence electrons. The minimum absolute atomic E-state index is 0.0589. The van der Waals surface area contributed by atoms with Gasteiger partial charge < -0.3 is 5.32 Å². The summed E-state index contributed by atoms with van der Waals surface area (Å²) in [4.78, 5) is 10.2. The van der Waals surface area contributed by atoms with Crippen LogP contribution in [-0.4, -0.2) is 11.0 Å². The van der Waals surface area contributed by atoms with Gasteiger partial charge in [-0.25, -0.2) is 0 Å². The topological polar surface area (TPSA) is 79.0 Å². The normalized spacial score (nSPS) is 19.5. The van der Waals surface area contributed by atoms with Gasteiger partial charge in [-0.05, 0) is 16.9 Å². The molecule has 0 aromatic heterocycles. The van der Waals surface area contributed by atoms with E-state index in [1.165, 1.54) is 12.1 Å². The molecule has 0 aliphatic heterocycles. The summed E-state index contributed by atoms with van der Waals surface area (Å²) in [5.74, 6) is 0. The second-order valence-electron chi connectivity index (χ2n) is 6.12. The van der Waals surface area contributed by atoms with Crippen molar-refractivity contribution in [1.82, 2.24) is 0 Å². The summed E-state index contributed by atoms with van der Waals surface area (Å²) in [5.41, 5.74) is 1.20. The lowest BCUT2D eigenvalue weighted by Crippen LogP contribution is -2.11. The first-order valence-electron chi connectivity index (χ1n) is 6.17. The number of hydrogen-bond donors (Lipinski definition) is 1. The molecule has 1 aromatic rings. The molecule has 0 amide bonds. The van der Waals surface area contributed by atoms with Crippen LogP contribution >= 0.6 is 0 Å². The van der Waals surface area contributed by atoms with Gasteiger partial charge in [0.15, 0.2) is 0 Å². The van der Waals surface area contributed by atoms with Gasteiger partial charge >= 0.3 is 0 Å². The second kappa shape index (κ2) is 3.95. The molecule has 0 heterocycles. The summed E-state index contributed by atoms with van der Waals surface area (Å²) < 4.78 is 0. The van der Waals surface area contributed by atoms with Gasteiger partial charge in [-0.15, -0.1) is 0 Å². The first-order chi connectivity index (χ1) is 8.71. The Morgan fingerprint density at radius 1 is 1.32 bits per heavy atom. The van der Waals surface area contributed by atoms with Crippen LogP contribution in [0.1, 0.15) is 33.3 Å². The van der Waals surface area contributed by atoms with Crippen molar-refractivity contribution in [2.45, 2.75) is 33.7 Å². The van der Waals surface area contributed by atoms with Crippen molar-refractivity contribution in [2.75, 3.05) is 5.32 Å². The highest BCUT2D eigenvalue weighted by Gasteiger charge is 2.65. The Morgan fingerprint density at radius 3 is 2.32 bits per heavy atom. The predicted octanol–water partition coefficient (Wildman–Crippen LogP) is 3.31. The Kier molecular flexibility index (Phi) is 2.78. The van der Waals surface area contributed by atoms with E-state index in [4.69, 9.17) is 5.26 Å². The molecule has 5 nitrogen and oxygen atoms in total. The van der Waals surface area contributed by atoms with Gasteiger partial charge in [-0.2, -0.15) is 5.26 Å². The average Bonchev–Trinajstić information content (AvgIpc) is 2.71. The number of benzene rings is 1. The lowest BCUT2D eigenvalue weighted by Gasteiger charge is -2.09. The van der Waals surface area contributed by atoms with Crippen LogP contribution in [0, 0.1) is 32.3 Å². The third kappa shape index (κ3) is 1.93. The molecule has 0 atom stereocenters. The fourth-order valence-electron chi connectivity index (χ4n) is 2.58. The van der Waals surface area contributed by atoms with Crippen molar-refractivity contribution in [3.63, 3.8) is 0 Å². The van der Waals surface area contributed by atoms with E-state index >= 15 is 0 Å². The van der Waals surface area contributed by atoms with E-state index in [0.29, 0.717) is 11.3 Å². The molecule has 0 unspecified atom stereocenters. The zero-order valence-corrected chi connectivity index (χ0v) is 11.5. The molecule has 5 heteroatoms. The maximum absolute atomic E-state index is 10.7. The van der Waals surface area contributed by atoms with Crippen LogP contribution in [0.25, 0.3) is 0 Å². The monoisotopic (exact) mass is 259 g/mol. The van der Waals surface area contributed by atoms with Crippen LogP contribution in [0.2, 0.25) is 0 Å². The number of non-ortho nitro benzene ring substituents is 1. The van der Waals surface area contributed by atoms with Crippen LogP contribution < -0.4 is 5.32 Å². The molecular weight excluding hydrogens is 242 g/mol. The third-order valence-electron chi connectivity index (χ3n) is 4.65. The van der Waals surface area contributed by atoms with E-state index in [1.54, 1.807) is 6.07 Å². The average molecular weight is 259 g/mol. The van der Waals surface area contributed by atoms with Gasteiger partial charge in [-0.3, -0.25) is 10.1 Å². The highest BCUT2D eigenvalue weighted by molar-refractivity contribution is 5.63. The zero-order valence-electron chi connectivity index (χ0n) is 11.5. The molecule has 0 spiro atoms. The summed E-state index contributed by atoms with van der Waals surface area (Å²) in [7, 11) is 0. The lowest BCUT2D eigenvalue weighted by molar-refractivity contribution is -0.384. The first-order valence-corrected chi connectivity index (χ1v) is 6.17. The number of nitro groups is 1. The smallest absolute Gasteiger partial charge is 0.270 e. The Morgan fingerprint density at radius 2 is 1.89 bits per heavy atom. The van der Waals surface area contributed by atoms with Gasteiger partial charge in [0.1, 0.15) is 6.07 Å². The molecule has 1 N–H and O–H groups in total. The van der Waals surface area contributed by atoms with Crippen molar-refractivity contribution in [1.29, 1.82) is 5.26 Å². The van der Waals surface area contributed by atoms with Crippen molar-refractivity contribution in [2.24, 2.45) is 10.8 Å². The number of hydrogen-bond acceptors (Lipinski definition) is 4. The number of anilines is 1. The van der Waals surface area contributed by atoms with Gasteiger partial charge in [-0.1, -0.05) is 27.7 Å². The molecule has 19 heavy (non-hydrogen) atoms. The van der Waals surface area contributed by atoms with Gasteiger partial charge in [0, 0.05) is 18.2 Å². The maximum Gasteiger partial charge on any atom is 0.270 e. The summed E-state index contributed by atoms with van der Waals surface area (Å²) in [6.07, 6.45) is 0. The van der Waals surface area contributed by atoms with Crippen LogP contribution in [0.15, 0.2) is 18.2 Å². The van der Waals surface area contributed by atoms with Crippen molar-refractivity contribution in [3.05, 3.63) is 33.9 Å². The Bertz CT molecular complexity index is 571. The van der Waals surface area contributed by atoms with E-state index in [9.17, 15) is 10.1 Å². The SMILES string of the molecule is CC1(C)C(Nc2ccc([N+](=O)[O-])cc2C#N)C1(C)C. The number of nitriles is 1. The zero-order chi connectivity index (χ0) is 14.4. The minimum atomic E-state index is -0.490. The molecule has 0 saturated heterocycles. The second-order valence-corrected chi connectivity index (χ2v) is 6.12. The van der Waals surface area contributed by atoms with Gasteiger partial charge in [0.05, 0.1) is 16.2 Å². The molecule has 0 radical (unpaired) electrons. The molecular formula is C14H17N3O2. The van der Waals surface area contributed by atoms with Crippen LogP contribution in [0.5, 0.6) is 0 Å². The van der Waals surface area contributed by atoms with E-state index in [1.807, 2.05) is 6.07 Å². The first kappa shape index (κ1) is 13.3. The summed E-state index contributed by atoms with van der Waals surface area (Å²) in [6, 6.07) is 6.61. The molecule has 1 aromatic carbocycles. The fourth-order valence-corrected chi connectivity index (χ4v) is 2.58. The minimum Gasteiger partial charge on any atom is -0.380 e. The van der Waals surface area contributed by atoms with Crippen molar-refractivity contribution in [3.8, 4) is 6.07 Å². The fraction of sp³-hybridized carbons (Fsp3) is 0.500. The van der Waals surface area contributed by atoms with Crippen LogP contribution in [-0.2, 0) is 0 Å². The van der Waals surface area contributed by atoms with Crippen molar-refractivity contribution < 1.29 is 4.92 Å². The molecule has 0 bridgehead atoms. The highest BCUT2D eigenvalue weighted by Crippen LogP contribution is 2.63. The summed E-state index contributed by atoms with van der Waals surface area (Å²) in [6.45, 7) is 8.68. The Balaban J connectivity index is 2.28. The number of nitrogens with one attached hydrogen (secondary N) is 1. The van der Waals surface area contributed by atoms with E-state index in [0.717, 1.165) is 0 Å². The van der Waals surface area contributed by atoms with Crippen molar-refractivity contribution >= 4 is 11.4 Å². The molecule has 1 saturated carbocycles. The molecule has 1 fully saturated rings. The quantitative estimate of drug-likeness (QED) is 0.667. The standard InChI is InChI=1S/C14H17N3O2/c1-13(2)12(14(13,3)4)16-11-6-5-10(17(18)19)7-9(11)8-15/h5-7,12,16H,1-4H3. The van der Waals surface area contributed by atoms with Crippen LogP contribution in [0.4, 0.5) is 11.4 Å². The Hall–Kier alpha value is -2.09. The summed E-state index contributed by atoms with van der Waals surface area (Å²) in [5, 5.41) is 23.1. The summed E-state index contributed by atoms with van der Waals surface area (Å²) >= 11 is 0. The van der Waals surface area contributed by atoms with E-state index in [-0.39, 0.29) is 22.6 Å². The molecule has 2 rings (SSSR count). The number of rotatable bonds is 3. The van der Waals surface area contributed by atoms with E-state index in [2.05, 4.69) is 33.0 Å². The molecule has 1 aliphatic carbocycles.